The van der Waals surface area contributed by atoms with Crippen molar-refractivity contribution in [3.8, 4) is 0 Å². The highest BCUT2D eigenvalue weighted by Gasteiger charge is 2.22. The van der Waals surface area contributed by atoms with Crippen LogP contribution < -0.4 is 10.6 Å². The van der Waals surface area contributed by atoms with Gasteiger partial charge in [0.05, 0.1) is 49.4 Å². The Bertz CT molecular complexity index is 817. The molecule has 1 amide bonds. The van der Waals surface area contributed by atoms with Gasteiger partial charge in [-0.3, -0.25) is 9.78 Å². The molecule has 4 rings (SSSR count). The van der Waals surface area contributed by atoms with Gasteiger partial charge in [-0.2, -0.15) is 0 Å². The molecule has 0 saturated carbocycles. The Hall–Kier alpha value is -2.29. The number of ether oxygens (including phenoxy) is 3. The van der Waals surface area contributed by atoms with Crippen molar-refractivity contribution >= 4 is 22.5 Å². The maximum Gasteiger partial charge on any atom is 0.267 e. The largest absolute Gasteiger partial charge is 0.379 e. The molecule has 2 saturated heterocycles. The van der Waals surface area contributed by atoms with Crippen molar-refractivity contribution in [3.05, 3.63) is 30.2 Å². The zero-order chi connectivity index (χ0) is 19.3. The van der Waals surface area contributed by atoms with Crippen molar-refractivity contribution in [1.82, 2.24) is 9.97 Å². The number of aromatic nitrogens is 2. The molecule has 1 unspecified atom stereocenters. The minimum Gasteiger partial charge on any atom is -0.379 e. The summed E-state index contributed by atoms with van der Waals surface area (Å²) >= 11 is 0. The fraction of sp³-hybridized carbons (Fsp3) is 0.550. The number of hydrogen-bond donors (Lipinski definition) is 1. The van der Waals surface area contributed by atoms with Crippen LogP contribution in [0, 0.1) is 0 Å². The van der Waals surface area contributed by atoms with Gasteiger partial charge >= 0.3 is 0 Å². The van der Waals surface area contributed by atoms with Gasteiger partial charge in [0.25, 0.3) is 5.91 Å². The predicted molar refractivity (Wildman–Crippen MR) is 104 cm³/mol. The Morgan fingerprint density at radius 1 is 1.14 bits per heavy atom. The van der Waals surface area contributed by atoms with E-state index in [1.54, 1.807) is 18.5 Å². The second-order valence-corrected chi connectivity index (χ2v) is 7.20. The number of amides is 1. The average molecular weight is 386 g/mol. The summed E-state index contributed by atoms with van der Waals surface area (Å²) in [5.41, 5.74) is 7.35. The van der Waals surface area contributed by atoms with E-state index >= 15 is 0 Å². The molecule has 4 heterocycles. The van der Waals surface area contributed by atoms with Crippen LogP contribution in [-0.2, 0) is 14.2 Å². The van der Waals surface area contributed by atoms with E-state index in [1.165, 1.54) is 0 Å². The Morgan fingerprint density at radius 3 is 2.64 bits per heavy atom. The van der Waals surface area contributed by atoms with E-state index in [9.17, 15) is 4.79 Å². The van der Waals surface area contributed by atoms with Crippen LogP contribution in [0.2, 0.25) is 0 Å². The lowest BCUT2D eigenvalue weighted by Gasteiger charge is -2.33. The number of hydrogen-bond acceptors (Lipinski definition) is 7. The van der Waals surface area contributed by atoms with Gasteiger partial charge in [0.1, 0.15) is 5.69 Å². The highest BCUT2D eigenvalue weighted by molar-refractivity contribution is 5.96. The lowest BCUT2D eigenvalue weighted by molar-refractivity contribution is -0.0294. The summed E-state index contributed by atoms with van der Waals surface area (Å²) < 4.78 is 17.0. The van der Waals surface area contributed by atoms with E-state index in [2.05, 4.69) is 14.9 Å². The number of nitrogens with two attached hydrogens (primary N) is 1. The van der Waals surface area contributed by atoms with Crippen molar-refractivity contribution in [2.24, 2.45) is 5.73 Å². The first-order valence-corrected chi connectivity index (χ1v) is 9.81. The first kappa shape index (κ1) is 19.0. The molecule has 8 nitrogen and oxygen atoms in total. The Labute approximate surface area is 164 Å². The van der Waals surface area contributed by atoms with E-state index in [0.717, 1.165) is 55.5 Å². The monoisotopic (exact) mass is 386 g/mol. The molecule has 0 aliphatic carbocycles. The number of primary amides is 1. The van der Waals surface area contributed by atoms with E-state index < -0.39 is 5.91 Å². The topological polar surface area (TPSA) is 99.8 Å². The third-order valence-electron chi connectivity index (χ3n) is 5.29. The summed E-state index contributed by atoms with van der Waals surface area (Å²) in [6, 6.07) is 3.47. The molecule has 2 aromatic heterocycles. The van der Waals surface area contributed by atoms with Gasteiger partial charge in [-0.25, -0.2) is 4.98 Å². The van der Waals surface area contributed by atoms with Crippen LogP contribution in [0.25, 0.3) is 10.9 Å². The molecule has 2 aromatic rings. The molecule has 0 radical (unpaired) electrons. The van der Waals surface area contributed by atoms with E-state index in [4.69, 9.17) is 19.9 Å². The fourth-order valence-corrected chi connectivity index (χ4v) is 3.73. The van der Waals surface area contributed by atoms with Crippen LogP contribution in [0.1, 0.15) is 29.8 Å². The van der Waals surface area contributed by atoms with Crippen LogP contribution in [0.3, 0.4) is 0 Å². The molecule has 2 N–H and O–H groups in total. The van der Waals surface area contributed by atoms with Crippen LogP contribution in [-0.4, -0.2) is 67.6 Å². The summed E-state index contributed by atoms with van der Waals surface area (Å²) in [6.45, 7) is 4.42. The van der Waals surface area contributed by atoms with Crippen molar-refractivity contribution < 1.29 is 19.0 Å². The molecular formula is C20H26N4O4. The highest BCUT2D eigenvalue weighted by Crippen LogP contribution is 2.27. The minimum absolute atomic E-state index is 0.224. The van der Waals surface area contributed by atoms with Crippen LogP contribution in [0.5, 0.6) is 0 Å². The molecule has 0 aromatic carbocycles. The zero-order valence-electron chi connectivity index (χ0n) is 15.9. The second-order valence-electron chi connectivity index (χ2n) is 7.20. The molecule has 2 fully saturated rings. The zero-order valence-corrected chi connectivity index (χ0v) is 15.9. The van der Waals surface area contributed by atoms with Crippen molar-refractivity contribution in [3.63, 3.8) is 0 Å². The number of pyridine rings is 2. The second kappa shape index (κ2) is 8.81. The molecular weight excluding hydrogens is 360 g/mol. The number of fused-ring (bicyclic) bond motifs is 1. The SMILES string of the molecule is NC(=O)c1ccc2cncc(N3CCC(OCCOC4CCOC4)CC3)c2n1. The quantitative estimate of drug-likeness (QED) is 0.720. The number of rotatable bonds is 7. The van der Waals surface area contributed by atoms with Gasteiger partial charge < -0.3 is 24.8 Å². The van der Waals surface area contributed by atoms with Gasteiger partial charge in [0.2, 0.25) is 0 Å². The highest BCUT2D eigenvalue weighted by atomic mass is 16.6. The normalized spacial score (nSPS) is 20.7. The molecule has 150 valence electrons. The molecule has 28 heavy (non-hydrogen) atoms. The molecule has 1 atom stereocenters. The summed E-state index contributed by atoms with van der Waals surface area (Å²) in [4.78, 5) is 22.5. The summed E-state index contributed by atoms with van der Waals surface area (Å²) in [6.07, 6.45) is 6.85. The number of carbonyl (C=O) groups is 1. The maximum absolute atomic E-state index is 11.5. The molecule has 0 bridgehead atoms. The van der Waals surface area contributed by atoms with Crippen molar-refractivity contribution in [2.45, 2.75) is 31.5 Å². The lowest BCUT2D eigenvalue weighted by Crippen LogP contribution is -2.37. The first-order chi connectivity index (χ1) is 13.7. The minimum atomic E-state index is -0.525. The molecule has 2 aliphatic rings. The van der Waals surface area contributed by atoms with E-state index in [0.29, 0.717) is 19.8 Å². The van der Waals surface area contributed by atoms with Crippen molar-refractivity contribution in [2.75, 3.05) is 44.4 Å². The van der Waals surface area contributed by atoms with E-state index in [-0.39, 0.29) is 17.9 Å². The van der Waals surface area contributed by atoms with Gasteiger partial charge in [-0.15, -0.1) is 0 Å². The average Bonchev–Trinajstić information content (AvgIpc) is 3.24. The number of piperidine rings is 1. The molecule has 8 heteroatoms. The third-order valence-corrected chi connectivity index (χ3v) is 5.29. The van der Waals surface area contributed by atoms with Gasteiger partial charge in [-0.1, -0.05) is 0 Å². The first-order valence-electron chi connectivity index (χ1n) is 9.81. The lowest BCUT2D eigenvalue weighted by atomic mass is 10.1. The van der Waals surface area contributed by atoms with Crippen LogP contribution in [0.15, 0.2) is 24.5 Å². The standard InChI is InChI=1S/C20H26N4O4/c21-20(25)17-2-1-14-11-22-12-18(19(14)23-17)24-6-3-15(4-7-24)27-9-10-28-16-5-8-26-13-16/h1-2,11-12,15-16H,3-10,13H2,(H2,21,25). The van der Waals surface area contributed by atoms with Gasteiger partial charge in [-0.05, 0) is 31.4 Å². The van der Waals surface area contributed by atoms with E-state index in [1.807, 2.05) is 6.07 Å². The molecule has 0 spiro atoms. The summed E-state index contributed by atoms with van der Waals surface area (Å²) in [5, 5.41) is 0.897. The number of anilines is 1. The summed E-state index contributed by atoms with van der Waals surface area (Å²) in [5.74, 6) is -0.525. The van der Waals surface area contributed by atoms with Gasteiger partial charge in [0.15, 0.2) is 0 Å². The van der Waals surface area contributed by atoms with Crippen LogP contribution >= 0.6 is 0 Å². The van der Waals surface area contributed by atoms with Crippen LogP contribution in [0.4, 0.5) is 5.69 Å². The summed E-state index contributed by atoms with van der Waals surface area (Å²) in [7, 11) is 0. The predicted octanol–water partition coefficient (Wildman–Crippen LogP) is 1.52. The fourth-order valence-electron chi connectivity index (χ4n) is 3.73. The number of nitrogens with zero attached hydrogens (tertiary/aromatic N) is 3. The Balaban J connectivity index is 1.32. The smallest absolute Gasteiger partial charge is 0.267 e. The van der Waals surface area contributed by atoms with Gasteiger partial charge in [0, 0.05) is 31.3 Å². The number of carbonyl (C=O) groups excluding carboxylic acids is 1. The third kappa shape index (κ3) is 4.40. The maximum atomic E-state index is 11.5. The molecule has 2 aliphatic heterocycles. The Kier molecular flexibility index (Phi) is 5.99. The van der Waals surface area contributed by atoms with Crippen molar-refractivity contribution in [1.29, 1.82) is 0 Å². The Morgan fingerprint density at radius 2 is 1.93 bits per heavy atom.